The molecule has 1 aromatic rings. The van der Waals surface area contributed by atoms with Crippen molar-refractivity contribution < 1.29 is 4.74 Å². The second kappa shape index (κ2) is 9.11. The minimum Gasteiger partial charge on any atom is -0.383 e. The molecule has 0 aromatic heterocycles. The third-order valence-electron chi connectivity index (χ3n) is 3.64. The van der Waals surface area contributed by atoms with Crippen LogP contribution in [0, 0.1) is 5.92 Å². The standard InChI is InChI=1S/C17H30N2O/c1-5-15-8-6-7-9-16(15)17(12-18)19(10-11-20-4)13-14(2)3/h6-9,14,17H,5,10-13,18H2,1-4H3. The van der Waals surface area contributed by atoms with Crippen molar-refractivity contribution in [2.45, 2.75) is 33.2 Å². The summed E-state index contributed by atoms with van der Waals surface area (Å²) in [7, 11) is 1.75. The first kappa shape index (κ1) is 17.2. The van der Waals surface area contributed by atoms with Crippen LogP contribution in [0.2, 0.25) is 0 Å². The number of hydrogen-bond acceptors (Lipinski definition) is 3. The van der Waals surface area contributed by atoms with Gasteiger partial charge in [0.05, 0.1) is 6.61 Å². The molecule has 0 aliphatic heterocycles. The van der Waals surface area contributed by atoms with Crippen LogP contribution in [0.4, 0.5) is 0 Å². The lowest BCUT2D eigenvalue weighted by atomic mass is 9.96. The third kappa shape index (κ3) is 4.89. The van der Waals surface area contributed by atoms with Crippen LogP contribution in [-0.4, -0.2) is 38.3 Å². The number of nitrogens with zero attached hydrogens (tertiary/aromatic N) is 1. The van der Waals surface area contributed by atoms with Gasteiger partial charge in [0.25, 0.3) is 0 Å². The first-order chi connectivity index (χ1) is 9.63. The first-order valence-electron chi connectivity index (χ1n) is 7.64. The summed E-state index contributed by atoms with van der Waals surface area (Å²) in [6, 6.07) is 8.93. The van der Waals surface area contributed by atoms with Crippen molar-refractivity contribution in [1.29, 1.82) is 0 Å². The van der Waals surface area contributed by atoms with E-state index in [2.05, 4.69) is 49.9 Å². The number of benzene rings is 1. The van der Waals surface area contributed by atoms with Gasteiger partial charge < -0.3 is 10.5 Å². The zero-order chi connectivity index (χ0) is 15.0. The van der Waals surface area contributed by atoms with Crippen LogP contribution in [0.5, 0.6) is 0 Å². The summed E-state index contributed by atoms with van der Waals surface area (Å²) in [5.41, 5.74) is 8.86. The average Bonchev–Trinajstić information content (AvgIpc) is 2.45. The van der Waals surface area contributed by atoms with Crippen LogP contribution in [0.15, 0.2) is 24.3 Å². The summed E-state index contributed by atoms with van der Waals surface area (Å²) in [5, 5.41) is 0. The normalized spacial score (nSPS) is 13.2. The van der Waals surface area contributed by atoms with E-state index in [-0.39, 0.29) is 6.04 Å². The van der Waals surface area contributed by atoms with Crippen LogP contribution in [0.3, 0.4) is 0 Å². The molecule has 1 atom stereocenters. The Kier molecular flexibility index (Phi) is 7.82. The van der Waals surface area contributed by atoms with E-state index in [1.54, 1.807) is 7.11 Å². The van der Waals surface area contributed by atoms with E-state index in [1.807, 2.05) is 0 Å². The molecule has 0 heterocycles. The fraction of sp³-hybridized carbons (Fsp3) is 0.647. The van der Waals surface area contributed by atoms with Crippen LogP contribution in [0.1, 0.15) is 37.9 Å². The summed E-state index contributed by atoms with van der Waals surface area (Å²) in [6.07, 6.45) is 1.05. The number of rotatable bonds is 9. The lowest BCUT2D eigenvalue weighted by Gasteiger charge is -2.33. The van der Waals surface area contributed by atoms with Crippen LogP contribution in [0.25, 0.3) is 0 Å². The maximum Gasteiger partial charge on any atom is 0.0589 e. The van der Waals surface area contributed by atoms with Gasteiger partial charge in [0.2, 0.25) is 0 Å². The zero-order valence-corrected chi connectivity index (χ0v) is 13.4. The van der Waals surface area contributed by atoms with Gasteiger partial charge in [-0.05, 0) is 23.5 Å². The molecule has 2 N–H and O–H groups in total. The highest BCUT2D eigenvalue weighted by atomic mass is 16.5. The van der Waals surface area contributed by atoms with Crippen LogP contribution in [-0.2, 0) is 11.2 Å². The molecule has 0 aliphatic carbocycles. The summed E-state index contributed by atoms with van der Waals surface area (Å²) < 4.78 is 5.26. The number of ether oxygens (including phenoxy) is 1. The molecule has 0 saturated heterocycles. The Balaban J connectivity index is 2.98. The fourth-order valence-corrected chi connectivity index (χ4v) is 2.71. The van der Waals surface area contributed by atoms with E-state index >= 15 is 0 Å². The monoisotopic (exact) mass is 278 g/mol. The summed E-state index contributed by atoms with van der Waals surface area (Å²) in [6.45, 7) is 10.1. The maximum absolute atomic E-state index is 6.09. The third-order valence-corrected chi connectivity index (χ3v) is 3.64. The van der Waals surface area contributed by atoms with Crippen molar-refractivity contribution in [1.82, 2.24) is 4.90 Å². The molecular formula is C17H30N2O. The molecule has 1 unspecified atom stereocenters. The maximum atomic E-state index is 6.09. The lowest BCUT2D eigenvalue weighted by molar-refractivity contribution is 0.111. The number of hydrogen-bond donors (Lipinski definition) is 1. The predicted molar refractivity (Wildman–Crippen MR) is 85.9 cm³/mol. The average molecular weight is 278 g/mol. The van der Waals surface area contributed by atoms with Crippen LogP contribution < -0.4 is 5.73 Å². The van der Waals surface area contributed by atoms with Crippen molar-refractivity contribution in [3.8, 4) is 0 Å². The van der Waals surface area contributed by atoms with Gasteiger partial charge in [-0.25, -0.2) is 0 Å². The smallest absolute Gasteiger partial charge is 0.0589 e. The molecule has 0 radical (unpaired) electrons. The number of aryl methyl sites for hydroxylation is 1. The molecule has 1 rings (SSSR count). The Morgan fingerprint density at radius 2 is 1.95 bits per heavy atom. The number of methoxy groups -OCH3 is 1. The summed E-state index contributed by atoms with van der Waals surface area (Å²) in [4.78, 5) is 2.46. The van der Waals surface area contributed by atoms with Crippen molar-refractivity contribution in [2.75, 3.05) is 33.4 Å². The minimum absolute atomic E-state index is 0.281. The quantitative estimate of drug-likeness (QED) is 0.755. The van der Waals surface area contributed by atoms with E-state index in [9.17, 15) is 0 Å². The fourth-order valence-electron chi connectivity index (χ4n) is 2.71. The van der Waals surface area contributed by atoms with Gasteiger partial charge in [0.1, 0.15) is 0 Å². The molecule has 114 valence electrons. The molecular weight excluding hydrogens is 248 g/mol. The van der Waals surface area contributed by atoms with Gasteiger partial charge in [-0.3, -0.25) is 4.90 Å². The Labute approximate surface area is 124 Å². The van der Waals surface area contributed by atoms with Gasteiger partial charge in [-0.2, -0.15) is 0 Å². The Hall–Kier alpha value is -0.900. The molecule has 0 fully saturated rings. The molecule has 3 nitrogen and oxygen atoms in total. The lowest BCUT2D eigenvalue weighted by Crippen LogP contribution is -2.38. The van der Waals surface area contributed by atoms with Gasteiger partial charge >= 0.3 is 0 Å². The molecule has 0 saturated carbocycles. The van der Waals surface area contributed by atoms with Crippen molar-refractivity contribution in [2.24, 2.45) is 11.7 Å². The van der Waals surface area contributed by atoms with E-state index in [4.69, 9.17) is 10.5 Å². The number of nitrogens with two attached hydrogens (primary N) is 1. The van der Waals surface area contributed by atoms with E-state index in [1.165, 1.54) is 11.1 Å². The van der Waals surface area contributed by atoms with Crippen molar-refractivity contribution in [3.63, 3.8) is 0 Å². The molecule has 0 spiro atoms. The van der Waals surface area contributed by atoms with Crippen molar-refractivity contribution >= 4 is 0 Å². The van der Waals surface area contributed by atoms with E-state index in [0.717, 1.165) is 26.1 Å². The Morgan fingerprint density at radius 3 is 2.50 bits per heavy atom. The van der Waals surface area contributed by atoms with Gasteiger partial charge in [-0.15, -0.1) is 0 Å². The molecule has 0 aliphatic rings. The molecule has 1 aromatic carbocycles. The molecule has 0 bridgehead atoms. The van der Waals surface area contributed by atoms with Gasteiger partial charge in [0, 0.05) is 32.8 Å². The second-order valence-electron chi connectivity index (χ2n) is 5.69. The summed E-state index contributed by atoms with van der Waals surface area (Å²) in [5.74, 6) is 0.620. The highest BCUT2D eigenvalue weighted by Crippen LogP contribution is 2.24. The largest absolute Gasteiger partial charge is 0.383 e. The topological polar surface area (TPSA) is 38.5 Å². The highest BCUT2D eigenvalue weighted by Gasteiger charge is 2.21. The second-order valence-corrected chi connectivity index (χ2v) is 5.69. The highest BCUT2D eigenvalue weighted by molar-refractivity contribution is 5.30. The van der Waals surface area contributed by atoms with Gasteiger partial charge in [0.15, 0.2) is 0 Å². The summed E-state index contributed by atoms with van der Waals surface area (Å²) >= 11 is 0. The SMILES string of the molecule is CCc1ccccc1C(CN)N(CCOC)CC(C)C. The van der Waals surface area contributed by atoms with Crippen molar-refractivity contribution in [3.05, 3.63) is 35.4 Å². The Morgan fingerprint density at radius 1 is 1.25 bits per heavy atom. The molecule has 3 heteroatoms. The van der Waals surface area contributed by atoms with E-state index in [0.29, 0.717) is 12.5 Å². The molecule has 0 amide bonds. The van der Waals surface area contributed by atoms with Crippen LogP contribution >= 0.6 is 0 Å². The van der Waals surface area contributed by atoms with E-state index < -0.39 is 0 Å². The zero-order valence-electron chi connectivity index (χ0n) is 13.4. The Bertz CT molecular complexity index is 379. The first-order valence-corrected chi connectivity index (χ1v) is 7.64. The minimum atomic E-state index is 0.281. The van der Waals surface area contributed by atoms with Gasteiger partial charge in [-0.1, -0.05) is 45.0 Å². The predicted octanol–water partition coefficient (Wildman–Crippen LogP) is 2.85. The molecule has 20 heavy (non-hydrogen) atoms.